The lowest BCUT2D eigenvalue weighted by Gasteiger charge is -2.12. The first-order valence-electron chi connectivity index (χ1n) is 21.2. The summed E-state index contributed by atoms with van der Waals surface area (Å²) in [5.41, 5.74) is 17.3. The number of fused-ring (bicyclic) bond motifs is 12. The van der Waals surface area contributed by atoms with E-state index in [0.717, 1.165) is 72.1 Å². The fourth-order valence-corrected chi connectivity index (χ4v) is 10.1. The van der Waals surface area contributed by atoms with Crippen LogP contribution in [0.1, 0.15) is 0 Å². The smallest absolute Gasteiger partial charge is 0.136 e. The van der Waals surface area contributed by atoms with Gasteiger partial charge in [0.15, 0.2) is 0 Å². The molecule has 3 heteroatoms. The van der Waals surface area contributed by atoms with Crippen LogP contribution in [0.25, 0.3) is 143 Å². The minimum atomic E-state index is 0.879. The van der Waals surface area contributed by atoms with E-state index >= 15 is 0 Å². The highest BCUT2D eigenvalue weighted by molar-refractivity contribution is 6.28. The Morgan fingerprint density at radius 1 is 0.274 bits per heavy atom. The number of hydrogen-bond acceptors (Lipinski definition) is 3. The SMILES string of the molecule is c1ccc2cc(-c3cc(-c4ccc5c(c4)oc4ccccc45)cc(-c4ccc5cc(-c6ccc7c(c6)-c6cccc8cc9oc%10ccccc%10c9c-7c68)ccc5c4)n3)ccc2c1. The van der Waals surface area contributed by atoms with Crippen molar-refractivity contribution in [3.63, 3.8) is 0 Å². The second-order valence-electron chi connectivity index (χ2n) is 16.7. The van der Waals surface area contributed by atoms with E-state index in [1.54, 1.807) is 0 Å². The van der Waals surface area contributed by atoms with Crippen molar-refractivity contribution in [2.75, 3.05) is 0 Å². The first-order valence-corrected chi connectivity index (χ1v) is 21.2. The molecule has 1 aliphatic carbocycles. The molecular formula is C59H33NO2. The molecule has 0 radical (unpaired) electrons. The lowest BCUT2D eigenvalue weighted by Crippen LogP contribution is -1.92. The van der Waals surface area contributed by atoms with Gasteiger partial charge in [0.1, 0.15) is 22.3 Å². The second kappa shape index (κ2) is 12.6. The maximum Gasteiger partial charge on any atom is 0.136 e. The molecule has 3 heterocycles. The molecule has 14 rings (SSSR count). The zero-order chi connectivity index (χ0) is 40.5. The first kappa shape index (κ1) is 33.5. The number of nitrogens with zero attached hydrogens (tertiary/aromatic N) is 1. The minimum absolute atomic E-state index is 0.879. The quantitative estimate of drug-likeness (QED) is 0.178. The fraction of sp³-hybridized carbons (Fsp3) is 0. The molecule has 0 saturated heterocycles. The van der Waals surface area contributed by atoms with E-state index < -0.39 is 0 Å². The van der Waals surface area contributed by atoms with Gasteiger partial charge in [-0.3, -0.25) is 0 Å². The molecule has 0 N–H and O–H groups in total. The van der Waals surface area contributed by atoms with E-state index in [4.69, 9.17) is 13.8 Å². The highest BCUT2D eigenvalue weighted by atomic mass is 16.3. The molecule has 3 nitrogen and oxygen atoms in total. The van der Waals surface area contributed by atoms with E-state index in [0.29, 0.717) is 0 Å². The van der Waals surface area contributed by atoms with Gasteiger partial charge >= 0.3 is 0 Å². The summed E-state index contributed by atoms with van der Waals surface area (Å²) >= 11 is 0. The van der Waals surface area contributed by atoms with Crippen molar-refractivity contribution in [3.05, 3.63) is 200 Å². The third-order valence-electron chi connectivity index (χ3n) is 13.1. The largest absolute Gasteiger partial charge is 0.456 e. The van der Waals surface area contributed by atoms with Gasteiger partial charge < -0.3 is 8.83 Å². The molecule has 62 heavy (non-hydrogen) atoms. The van der Waals surface area contributed by atoms with Crippen LogP contribution in [0.4, 0.5) is 0 Å². The summed E-state index contributed by atoms with van der Waals surface area (Å²) in [4.78, 5) is 5.34. The summed E-state index contributed by atoms with van der Waals surface area (Å²) in [5, 5.41) is 11.9. The third-order valence-corrected chi connectivity index (χ3v) is 13.1. The second-order valence-corrected chi connectivity index (χ2v) is 16.7. The Morgan fingerprint density at radius 2 is 0.839 bits per heavy atom. The van der Waals surface area contributed by atoms with E-state index in [1.165, 1.54) is 71.1 Å². The molecule has 0 saturated carbocycles. The van der Waals surface area contributed by atoms with Crippen molar-refractivity contribution < 1.29 is 8.83 Å². The van der Waals surface area contributed by atoms with Crippen molar-refractivity contribution in [2.24, 2.45) is 0 Å². The van der Waals surface area contributed by atoms with Crippen LogP contribution in [-0.4, -0.2) is 4.98 Å². The van der Waals surface area contributed by atoms with Crippen molar-refractivity contribution in [1.82, 2.24) is 4.98 Å². The number of furan rings is 2. The van der Waals surface area contributed by atoms with Crippen molar-refractivity contribution in [2.45, 2.75) is 0 Å². The molecule has 1 aliphatic rings. The van der Waals surface area contributed by atoms with Crippen LogP contribution >= 0.6 is 0 Å². The average Bonchev–Trinajstić information content (AvgIpc) is 4.00. The molecule has 3 aromatic heterocycles. The van der Waals surface area contributed by atoms with Crippen molar-refractivity contribution in [1.29, 1.82) is 0 Å². The Morgan fingerprint density at radius 3 is 1.66 bits per heavy atom. The number of pyridine rings is 1. The van der Waals surface area contributed by atoms with Gasteiger partial charge in [-0.2, -0.15) is 0 Å². The van der Waals surface area contributed by atoms with Gasteiger partial charge in [-0.15, -0.1) is 0 Å². The Bertz CT molecular complexity index is 4050. The lowest BCUT2D eigenvalue weighted by atomic mass is 9.94. The molecule has 10 aromatic carbocycles. The molecule has 0 spiro atoms. The summed E-state index contributed by atoms with van der Waals surface area (Å²) in [6, 6.07) is 72.1. The zero-order valence-electron chi connectivity index (χ0n) is 33.3. The molecule has 286 valence electrons. The Labute approximate surface area is 355 Å². The van der Waals surface area contributed by atoms with Crippen LogP contribution in [0.3, 0.4) is 0 Å². The maximum absolute atomic E-state index is 6.39. The van der Waals surface area contributed by atoms with Gasteiger partial charge in [-0.05, 0) is 138 Å². The highest BCUT2D eigenvalue weighted by Crippen LogP contribution is 2.53. The number of hydrogen-bond donors (Lipinski definition) is 0. The van der Waals surface area contributed by atoms with E-state index in [2.05, 4.69) is 182 Å². The van der Waals surface area contributed by atoms with Crippen LogP contribution in [0.2, 0.25) is 0 Å². The number of rotatable bonds is 4. The molecule has 0 fully saturated rings. The fourth-order valence-electron chi connectivity index (χ4n) is 10.1. The maximum atomic E-state index is 6.39. The van der Waals surface area contributed by atoms with Crippen molar-refractivity contribution in [3.8, 4) is 67.0 Å². The molecular weight excluding hydrogens is 755 g/mol. The number of para-hydroxylation sites is 2. The highest BCUT2D eigenvalue weighted by Gasteiger charge is 2.26. The number of aromatic nitrogens is 1. The lowest BCUT2D eigenvalue weighted by molar-refractivity contribution is 0.669. The summed E-state index contributed by atoms with van der Waals surface area (Å²) in [6.07, 6.45) is 0. The van der Waals surface area contributed by atoms with Crippen LogP contribution in [-0.2, 0) is 0 Å². The summed E-state index contributed by atoms with van der Waals surface area (Å²) in [7, 11) is 0. The Balaban J connectivity index is 0.871. The van der Waals surface area contributed by atoms with E-state index in [-0.39, 0.29) is 0 Å². The van der Waals surface area contributed by atoms with Crippen LogP contribution in [0, 0.1) is 0 Å². The molecule has 0 bridgehead atoms. The number of benzene rings is 10. The molecule has 13 aromatic rings. The summed E-state index contributed by atoms with van der Waals surface area (Å²) in [6.45, 7) is 0. The third kappa shape index (κ3) is 4.97. The molecule has 0 atom stereocenters. The summed E-state index contributed by atoms with van der Waals surface area (Å²) < 4.78 is 12.7. The Hall–Kier alpha value is -8.27. The Kier molecular flexibility index (Phi) is 6.83. The first-order chi connectivity index (χ1) is 30.7. The van der Waals surface area contributed by atoms with Gasteiger partial charge in [0.2, 0.25) is 0 Å². The summed E-state index contributed by atoms with van der Waals surface area (Å²) in [5.74, 6) is 0. The van der Waals surface area contributed by atoms with Gasteiger partial charge in [0, 0.05) is 38.2 Å². The monoisotopic (exact) mass is 787 g/mol. The van der Waals surface area contributed by atoms with Crippen LogP contribution < -0.4 is 0 Å². The average molecular weight is 788 g/mol. The van der Waals surface area contributed by atoms with Crippen LogP contribution in [0.5, 0.6) is 0 Å². The predicted octanol–water partition coefficient (Wildman–Crippen LogP) is 16.7. The van der Waals surface area contributed by atoms with Gasteiger partial charge in [-0.1, -0.05) is 133 Å². The molecule has 0 amide bonds. The minimum Gasteiger partial charge on any atom is -0.456 e. The molecule has 0 aliphatic heterocycles. The van der Waals surface area contributed by atoms with Crippen LogP contribution in [0.15, 0.2) is 209 Å². The standard InChI is InChI=1S/C59H33NO2/c1-2-9-35-27-41(20-16-34(35)8-1)51-30-44(40-22-24-46-45-11-3-5-14-53(45)61-55(46)32-40)31-52(60-51)42-21-19-36-26-37(17-18-38(36)28-42)39-23-25-48-50(29-39)47-13-7-10-43-33-56-58(59(48)57(43)47)49-12-4-6-15-54(49)62-56/h1-33H. The van der Waals surface area contributed by atoms with E-state index in [9.17, 15) is 0 Å². The normalized spacial score (nSPS) is 12.2. The van der Waals surface area contributed by atoms with Gasteiger partial charge in [0.25, 0.3) is 0 Å². The van der Waals surface area contributed by atoms with Gasteiger partial charge in [0.05, 0.1) is 11.4 Å². The topological polar surface area (TPSA) is 39.2 Å². The predicted molar refractivity (Wildman–Crippen MR) is 257 cm³/mol. The zero-order valence-corrected chi connectivity index (χ0v) is 33.3. The van der Waals surface area contributed by atoms with Crippen molar-refractivity contribution >= 4 is 76.2 Å². The molecule has 0 unspecified atom stereocenters. The van der Waals surface area contributed by atoms with E-state index in [1.807, 2.05) is 18.2 Å². The van der Waals surface area contributed by atoms with Gasteiger partial charge in [-0.25, -0.2) is 4.98 Å².